The van der Waals surface area contributed by atoms with E-state index in [-0.39, 0.29) is 0 Å². The van der Waals surface area contributed by atoms with Crippen molar-refractivity contribution in [2.75, 3.05) is 0 Å². The van der Waals surface area contributed by atoms with Crippen LogP contribution in [0.25, 0.3) is 0 Å². The third kappa shape index (κ3) is 4.95. The van der Waals surface area contributed by atoms with E-state index in [1.54, 1.807) is 17.8 Å². The summed E-state index contributed by atoms with van der Waals surface area (Å²) in [6.45, 7) is 7.10. The van der Waals surface area contributed by atoms with Crippen molar-refractivity contribution in [2.24, 2.45) is 0 Å². The van der Waals surface area contributed by atoms with Crippen LogP contribution in [0.4, 0.5) is 0 Å². The smallest absolute Gasteiger partial charge is 0.191 e. The second-order valence-electron chi connectivity index (χ2n) is 6.34. The molecule has 1 aromatic heterocycles. The highest BCUT2D eigenvalue weighted by Gasteiger charge is 2.13. The van der Waals surface area contributed by atoms with Crippen LogP contribution in [0.3, 0.4) is 0 Å². The van der Waals surface area contributed by atoms with Crippen LogP contribution in [0.15, 0.2) is 35.5 Å². The van der Waals surface area contributed by atoms with Crippen molar-refractivity contribution in [2.45, 2.75) is 44.8 Å². The molecule has 2 aromatic carbocycles. The molecular weight excluding hydrogens is 437 g/mol. The van der Waals surface area contributed by atoms with Gasteiger partial charge in [0.2, 0.25) is 0 Å². The summed E-state index contributed by atoms with van der Waals surface area (Å²) < 4.78 is 7.99. The molecule has 0 atom stereocenters. The summed E-state index contributed by atoms with van der Waals surface area (Å²) in [5.41, 5.74) is 3.06. The number of benzene rings is 2. The zero-order valence-corrected chi connectivity index (χ0v) is 18.9. The number of hydrogen-bond acceptors (Lipinski definition) is 4. The van der Waals surface area contributed by atoms with E-state index >= 15 is 0 Å². The molecule has 0 aliphatic heterocycles. The average Bonchev–Trinajstić information content (AvgIpc) is 3.07. The van der Waals surface area contributed by atoms with Crippen LogP contribution in [-0.4, -0.2) is 14.8 Å². The van der Waals surface area contributed by atoms with Gasteiger partial charge in [-0.3, -0.25) is 0 Å². The van der Waals surface area contributed by atoms with Crippen LogP contribution in [0.1, 0.15) is 29.4 Å². The summed E-state index contributed by atoms with van der Waals surface area (Å²) in [4.78, 5) is 0. The number of halogens is 3. The first-order valence-electron chi connectivity index (χ1n) is 8.77. The molecule has 0 aliphatic carbocycles. The van der Waals surface area contributed by atoms with Crippen molar-refractivity contribution in [3.05, 3.63) is 67.9 Å². The van der Waals surface area contributed by atoms with Gasteiger partial charge in [0.1, 0.15) is 12.4 Å². The van der Waals surface area contributed by atoms with Gasteiger partial charge >= 0.3 is 0 Å². The van der Waals surface area contributed by atoms with Gasteiger partial charge in [-0.2, -0.15) is 0 Å². The van der Waals surface area contributed by atoms with Gasteiger partial charge < -0.3 is 9.30 Å². The summed E-state index contributed by atoms with van der Waals surface area (Å²) in [5.74, 6) is 2.28. The van der Waals surface area contributed by atoms with Gasteiger partial charge in [0, 0.05) is 17.3 Å². The van der Waals surface area contributed by atoms with E-state index in [0.717, 1.165) is 50.7 Å². The van der Waals surface area contributed by atoms with E-state index < -0.39 is 0 Å². The van der Waals surface area contributed by atoms with Crippen molar-refractivity contribution >= 4 is 46.6 Å². The minimum atomic E-state index is 0.342. The zero-order valence-electron chi connectivity index (χ0n) is 15.8. The van der Waals surface area contributed by atoms with Gasteiger partial charge in [-0.1, -0.05) is 52.6 Å². The van der Waals surface area contributed by atoms with Gasteiger partial charge in [0.15, 0.2) is 11.0 Å². The van der Waals surface area contributed by atoms with Crippen LogP contribution >= 0.6 is 46.6 Å². The Labute approximate surface area is 184 Å². The lowest BCUT2D eigenvalue weighted by molar-refractivity contribution is 0.288. The van der Waals surface area contributed by atoms with Crippen molar-refractivity contribution in [3.63, 3.8) is 0 Å². The first kappa shape index (κ1) is 21.3. The molecule has 8 heteroatoms. The lowest BCUT2D eigenvalue weighted by Gasteiger charge is -2.11. The van der Waals surface area contributed by atoms with Crippen molar-refractivity contribution in [1.82, 2.24) is 14.8 Å². The molecule has 0 radical (unpaired) electrons. The molecule has 0 fully saturated rings. The Morgan fingerprint density at radius 1 is 1.00 bits per heavy atom. The lowest BCUT2D eigenvalue weighted by Crippen LogP contribution is -2.07. The highest BCUT2D eigenvalue weighted by molar-refractivity contribution is 7.98. The topological polar surface area (TPSA) is 39.9 Å². The van der Waals surface area contributed by atoms with Crippen LogP contribution in [0.5, 0.6) is 5.75 Å². The molecule has 0 aliphatic rings. The largest absolute Gasteiger partial charge is 0.486 e. The normalized spacial score (nSPS) is 11.1. The molecule has 3 rings (SSSR count). The van der Waals surface area contributed by atoms with Crippen molar-refractivity contribution in [1.29, 1.82) is 0 Å². The van der Waals surface area contributed by atoms with Gasteiger partial charge in [0.25, 0.3) is 0 Å². The number of ether oxygens (including phenoxy) is 1. The molecule has 0 bridgehead atoms. The maximum atomic E-state index is 6.22. The molecule has 28 heavy (non-hydrogen) atoms. The first-order valence-corrected chi connectivity index (χ1v) is 10.9. The van der Waals surface area contributed by atoms with Crippen molar-refractivity contribution in [3.8, 4) is 5.75 Å². The summed E-state index contributed by atoms with van der Waals surface area (Å²) in [7, 11) is 0. The molecule has 1 heterocycles. The molecule has 148 valence electrons. The fourth-order valence-corrected chi connectivity index (χ4v) is 4.16. The van der Waals surface area contributed by atoms with E-state index in [1.807, 2.05) is 38.1 Å². The maximum absolute atomic E-state index is 6.22. The SMILES string of the molecule is CCn1c(COc2cc(C)c(Cl)c(C)c2)nnc1SCc1ccc(Cl)c(Cl)c1. The van der Waals surface area contributed by atoms with Crippen LogP contribution < -0.4 is 4.74 Å². The lowest BCUT2D eigenvalue weighted by atomic mass is 10.1. The summed E-state index contributed by atoms with van der Waals surface area (Å²) >= 11 is 19.9. The van der Waals surface area contributed by atoms with Crippen LogP contribution in [-0.2, 0) is 18.9 Å². The predicted octanol–water partition coefficient (Wildman–Crippen LogP) is 6.75. The Kier molecular flexibility index (Phi) is 7.15. The van der Waals surface area contributed by atoms with E-state index in [1.165, 1.54) is 0 Å². The summed E-state index contributed by atoms with van der Waals surface area (Å²) in [6.07, 6.45) is 0. The van der Waals surface area contributed by atoms with E-state index in [4.69, 9.17) is 39.5 Å². The third-order valence-electron chi connectivity index (χ3n) is 4.24. The number of aromatic nitrogens is 3. The quantitative estimate of drug-likeness (QED) is 0.369. The van der Waals surface area contributed by atoms with Gasteiger partial charge in [0.05, 0.1) is 10.0 Å². The highest BCUT2D eigenvalue weighted by Crippen LogP contribution is 2.28. The zero-order chi connectivity index (χ0) is 20.3. The molecule has 0 amide bonds. The van der Waals surface area contributed by atoms with E-state index in [9.17, 15) is 0 Å². The molecule has 0 saturated heterocycles. The standard InChI is InChI=1S/C20H20Cl3N3OS/c1-4-26-18(10-27-15-7-12(2)19(23)13(3)8-15)24-25-20(26)28-11-14-5-6-16(21)17(22)9-14/h5-9H,4,10-11H2,1-3H3. The third-order valence-corrected chi connectivity index (χ3v) is 6.61. The molecule has 0 unspecified atom stereocenters. The fourth-order valence-electron chi connectivity index (χ4n) is 2.76. The van der Waals surface area contributed by atoms with E-state index in [0.29, 0.717) is 16.7 Å². The predicted molar refractivity (Wildman–Crippen MR) is 117 cm³/mol. The number of rotatable bonds is 7. The molecule has 0 saturated carbocycles. The molecule has 4 nitrogen and oxygen atoms in total. The number of aryl methyl sites for hydroxylation is 2. The number of thioether (sulfide) groups is 1. The monoisotopic (exact) mass is 455 g/mol. The molecule has 0 spiro atoms. The molecule has 0 N–H and O–H groups in total. The van der Waals surface area contributed by atoms with Crippen LogP contribution in [0, 0.1) is 13.8 Å². The van der Waals surface area contributed by atoms with Crippen molar-refractivity contribution < 1.29 is 4.74 Å². The van der Waals surface area contributed by atoms with Gasteiger partial charge in [-0.25, -0.2) is 0 Å². The Hall–Kier alpha value is -1.40. The minimum absolute atomic E-state index is 0.342. The summed E-state index contributed by atoms with van der Waals surface area (Å²) in [5, 5.41) is 11.3. The second-order valence-corrected chi connectivity index (χ2v) is 8.47. The number of nitrogens with zero attached hydrogens (tertiary/aromatic N) is 3. The van der Waals surface area contributed by atoms with E-state index in [2.05, 4.69) is 21.7 Å². The summed E-state index contributed by atoms with van der Waals surface area (Å²) in [6, 6.07) is 9.51. The first-order chi connectivity index (χ1) is 13.4. The Morgan fingerprint density at radius 3 is 2.36 bits per heavy atom. The fraction of sp³-hybridized carbons (Fsp3) is 0.300. The minimum Gasteiger partial charge on any atom is -0.486 e. The van der Waals surface area contributed by atoms with Gasteiger partial charge in [-0.05, 0) is 61.7 Å². The maximum Gasteiger partial charge on any atom is 0.191 e. The molecular formula is C20H20Cl3N3OS. The second kappa shape index (κ2) is 9.40. The molecule has 3 aromatic rings. The average molecular weight is 457 g/mol. The van der Waals surface area contributed by atoms with Crippen LogP contribution in [0.2, 0.25) is 15.1 Å². The Bertz CT molecular complexity index is 968. The number of hydrogen-bond donors (Lipinski definition) is 0. The van der Waals surface area contributed by atoms with Gasteiger partial charge in [-0.15, -0.1) is 10.2 Å². The highest BCUT2D eigenvalue weighted by atomic mass is 35.5. The Morgan fingerprint density at radius 2 is 1.71 bits per heavy atom. The Balaban J connectivity index is 1.68.